The molecular formula is C13H24N4O. The molecule has 0 bridgehead atoms. The lowest BCUT2D eigenvalue weighted by Gasteiger charge is -2.32. The summed E-state index contributed by atoms with van der Waals surface area (Å²) in [7, 11) is 0. The van der Waals surface area contributed by atoms with Gasteiger partial charge in [0.2, 0.25) is 0 Å². The first-order valence-electron chi connectivity index (χ1n) is 6.82. The third-order valence-electron chi connectivity index (χ3n) is 3.38. The van der Waals surface area contributed by atoms with E-state index in [4.69, 9.17) is 4.74 Å². The Morgan fingerprint density at radius 1 is 1.56 bits per heavy atom. The molecule has 2 atom stereocenters. The average Bonchev–Trinajstić information content (AvgIpc) is 2.89. The van der Waals surface area contributed by atoms with Gasteiger partial charge in [-0.15, -0.1) is 0 Å². The van der Waals surface area contributed by atoms with Crippen molar-refractivity contribution in [2.45, 2.75) is 32.5 Å². The van der Waals surface area contributed by atoms with Crippen LogP contribution in [0.15, 0.2) is 18.5 Å². The minimum absolute atomic E-state index is 0.318. The second-order valence-electron chi connectivity index (χ2n) is 4.92. The Morgan fingerprint density at radius 2 is 2.44 bits per heavy atom. The summed E-state index contributed by atoms with van der Waals surface area (Å²) in [5.41, 5.74) is 0. The lowest BCUT2D eigenvalue weighted by molar-refractivity contribution is -0.0263. The van der Waals surface area contributed by atoms with E-state index in [1.54, 1.807) is 0 Å². The van der Waals surface area contributed by atoms with Gasteiger partial charge in [-0.3, -0.25) is 9.58 Å². The summed E-state index contributed by atoms with van der Waals surface area (Å²) in [6, 6.07) is 2.36. The number of nitrogens with zero attached hydrogens (tertiary/aromatic N) is 3. The molecule has 2 heterocycles. The molecule has 1 saturated heterocycles. The summed E-state index contributed by atoms with van der Waals surface area (Å²) in [4.78, 5) is 2.44. The second kappa shape index (κ2) is 6.87. The van der Waals surface area contributed by atoms with Gasteiger partial charge in [0.05, 0.1) is 19.3 Å². The van der Waals surface area contributed by atoms with Crippen LogP contribution in [0.2, 0.25) is 0 Å². The molecule has 0 saturated carbocycles. The van der Waals surface area contributed by atoms with Crippen LogP contribution in [0.25, 0.3) is 0 Å². The van der Waals surface area contributed by atoms with Crippen LogP contribution >= 0.6 is 0 Å². The SMILES string of the molecule is CCN1CCOC(CNC(C)Cn2cccn2)C1. The first kappa shape index (κ1) is 13.5. The maximum Gasteiger partial charge on any atom is 0.0826 e. The average molecular weight is 252 g/mol. The molecule has 1 N–H and O–H groups in total. The number of morpholine rings is 1. The molecule has 1 aromatic rings. The quantitative estimate of drug-likeness (QED) is 0.804. The predicted octanol–water partition coefficient (Wildman–Crippen LogP) is 0.582. The number of aromatic nitrogens is 2. The zero-order chi connectivity index (χ0) is 12.8. The highest BCUT2D eigenvalue weighted by molar-refractivity contribution is 4.80. The van der Waals surface area contributed by atoms with Gasteiger partial charge in [0.1, 0.15) is 0 Å². The molecule has 0 aliphatic carbocycles. The summed E-state index contributed by atoms with van der Waals surface area (Å²) in [6.07, 6.45) is 4.13. The molecule has 5 nitrogen and oxygen atoms in total. The molecule has 5 heteroatoms. The fourth-order valence-electron chi connectivity index (χ4n) is 2.28. The second-order valence-corrected chi connectivity index (χ2v) is 4.92. The van der Waals surface area contributed by atoms with E-state index in [1.165, 1.54) is 0 Å². The number of likely N-dealkylation sites (N-methyl/N-ethyl adjacent to an activating group) is 1. The van der Waals surface area contributed by atoms with Crippen molar-refractivity contribution in [3.63, 3.8) is 0 Å². The summed E-state index contributed by atoms with van der Waals surface area (Å²) in [6.45, 7) is 10.3. The molecular weight excluding hydrogens is 228 g/mol. The fraction of sp³-hybridized carbons (Fsp3) is 0.769. The van der Waals surface area contributed by atoms with Gasteiger partial charge >= 0.3 is 0 Å². The minimum Gasteiger partial charge on any atom is -0.374 e. The van der Waals surface area contributed by atoms with Crippen LogP contribution in [0.1, 0.15) is 13.8 Å². The van der Waals surface area contributed by atoms with Gasteiger partial charge in [-0.25, -0.2) is 0 Å². The monoisotopic (exact) mass is 252 g/mol. The van der Waals surface area contributed by atoms with Crippen LogP contribution in [0.3, 0.4) is 0 Å². The standard InChI is InChI=1S/C13H24N4O/c1-3-16-7-8-18-13(11-16)9-14-12(2)10-17-6-4-5-15-17/h4-6,12-14H,3,7-11H2,1-2H3. The number of nitrogens with one attached hydrogen (secondary N) is 1. The molecule has 1 aliphatic heterocycles. The molecule has 1 aromatic heterocycles. The van der Waals surface area contributed by atoms with E-state index in [2.05, 4.69) is 29.2 Å². The molecule has 0 aromatic carbocycles. The lowest BCUT2D eigenvalue weighted by Crippen LogP contribution is -2.48. The van der Waals surface area contributed by atoms with Crippen LogP contribution < -0.4 is 5.32 Å². The topological polar surface area (TPSA) is 42.3 Å². The highest BCUT2D eigenvalue weighted by Crippen LogP contribution is 2.04. The predicted molar refractivity (Wildman–Crippen MR) is 71.5 cm³/mol. The van der Waals surface area contributed by atoms with Crippen LogP contribution in [0.5, 0.6) is 0 Å². The van der Waals surface area contributed by atoms with Gasteiger partial charge in [0.15, 0.2) is 0 Å². The highest BCUT2D eigenvalue weighted by atomic mass is 16.5. The fourth-order valence-corrected chi connectivity index (χ4v) is 2.28. The zero-order valence-corrected chi connectivity index (χ0v) is 11.4. The van der Waals surface area contributed by atoms with Gasteiger partial charge in [-0.2, -0.15) is 5.10 Å². The largest absolute Gasteiger partial charge is 0.374 e. The van der Waals surface area contributed by atoms with Crippen LogP contribution in [-0.2, 0) is 11.3 Å². The summed E-state index contributed by atoms with van der Waals surface area (Å²) < 4.78 is 7.73. The first-order valence-corrected chi connectivity index (χ1v) is 6.82. The summed E-state index contributed by atoms with van der Waals surface area (Å²) in [5, 5.41) is 7.74. The van der Waals surface area contributed by atoms with Crippen molar-refractivity contribution >= 4 is 0 Å². The minimum atomic E-state index is 0.318. The highest BCUT2D eigenvalue weighted by Gasteiger charge is 2.19. The van der Waals surface area contributed by atoms with Gasteiger partial charge in [-0.1, -0.05) is 6.92 Å². The van der Waals surface area contributed by atoms with Gasteiger partial charge in [0.25, 0.3) is 0 Å². The van der Waals surface area contributed by atoms with Crippen molar-refractivity contribution < 1.29 is 4.74 Å². The van der Waals surface area contributed by atoms with Crippen molar-refractivity contribution in [1.82, 2.24) is 20.0 Å². The Labute approximate surface area is 109 Å². The van der Waals surface area contributed by atoms with E-state index in [0.29, 0.717) is 12.1 Å². The Morgan fingerprint density at radius 3 is 3.17 bits per heavy atom. The Hall–Kier alpha value is -0.910. The summed E-state index contributed by atoms with van der Waals surface area (Å²) >= 11 is 0. The first-order chi connectivity index (χ1) is 8.78. The molecule has 2 unspecified atom stereocenters. The maximum absolute atomic E-state index is 5.77. The molecule has 1 fully saturated rings. The number of hydrogen-bond acceptors (Lipinski definition) is 4. The number of ether oxygens (including phenoxy) is 1. The van der Waals surface area contributed by atoms with E-state index >= 15 is 0 Å². The normalized spacial score (nSPS) is 23.1. The van der Waals surface area contributed by atoms with Crippen LogP contribution in [0, 0.1) is 0 Å². The van der Waals surface area contributed by atoms with E-state index in [1.807, 2.05) is 23.1 Å². The van der Waals surface area contributed by atoms with Crippen molar-refractivity contribution in [1.29, 1.82) is 0 Å². The van der Waals surface area contributed by atoms with Gasteiger partial charge in [-0.05, 0) is 19.5 Å². The van der Waals surface area contributed by atoms with Gasteiger partial charge < -0.3 is 10.1 Å². The molecule has 2 rings (SSSR count). The van der Waals surface area contributed by atoms with Crippen molar-refractivity contribution in [2.75, 3.05) is 32.8 Å². The number of rotatable bonds is 6. The molecule has 18 heavy (non-hydrogen) atoms. The van der Waals surface area contributed by atoms with Crippen LogP contribution in [0.4, 0.5) is 0 Å². The molecule has 102 valence electrons. The molecule has 0 amide bonds. The Balaban J connectivity index is 1.67. The van der Waals surface area contributed by atoms with Crippen LogP contribution in [-0.4, -0.2) is 59.6 Å². The third-order valence-corrected chi connectivity index (χ3v) is 3.38. The maximum atomic E-state index is 5.77. The smallest absolute Gasteiger partial charge is 0.0826 e. The van der Waals surface area contributed by atoms with E-state index < -0.39 is 0 Å². The molecule has 0 spiro atoms. The van der Waals surface area contributed by atoms with Crippen molar-refractivity contribution in [3.05, 3.63) is 18.5 Å². The zero-order valence-electron chi connectivity index (χ0n) is 11.4. The number of hydrogen-bond donors (Lipinski definition) is 1. The van der Waals surface area contributed by atoms with Crippen molar-refractivity contribution in [3.8, 4) is 0 Å². The van der Waals surface area contributed by atoms with Gasteiger partial charge in [0, 0.05) is 38.1 Å². The third kappa shape index (κ3) is 4.08. The lowest BCUT2D eigenvalue weighted by atomic mass is 10.2. The van der Waals surface area contributed by atoms with E-state index in [0.717, 1.165) is 39.3 Å². The Kier molecular flexibility index (Phi) is 5.16. The van der Waals surface area contributed by atoms with E-state index in [-0.39, 0.29) is 0 Å². The van der Waals surface area contributed by atoms with E-state index in [9.17, 15) is 0 Å². The molecule has 0 radical (unpaired) electrons. The van der Waals surface area contributed by atoms with Crippen molar-refractivity contribution in [2.24, 2.45) is 0 Å². The summed E-state index contributed by atoms with van der Waals surface area (Å²) in [5.74, 6) is 0. The molecule has 1 aliphatic rings. The Bertz CT molecular complexity index is 328.